The van der Waals surface area contributed by atoms with Crippen molar-refractivity contribution in [2.75, 3.05) is 6.54 Å². The van der Waals surface area contributed by atoms with Crippen molar-refractivity contribution in [1.29, 1.82) is 0 Å². The maximum absolute atomic E-state index is 12.2. The van der Waals surface area contributed by atoms with E-state index in [1.54, 1.807) is 12.3 Å². The summed E-state index contributed by atoms with van der Waals surface area (Å²) in [6.45, 7) is 4.56. The quantitative estimate of drug-likeness (QED) is 0.879. The molecule has 0 aliphatic carbocycles. The van der Waals surface area contributed by atoms with E-state index in [-0.39, 0.29) is 11.9 Å². The molecular weight excluding hydrogens is 238 g/mol. The molecule has 2 aromatic rings. The van der Waals surface area contributed by atoms with Gasteiger partial charge in [0, 0.05) is 29.7 Å². The zero-order chi connectivity index (χ0) is 13.8. The predicted molar refractivity (Wildman–Crippen MR) is 76.9 cm³/mol. The molecule has 19 heavy (non-hydrogen) atoms. The van der Waals surface area contributed by atoms with Crippen molar-refractivity contribution in [3.8, 4) is 0 Å². The summed E-state index contributed by atoms with van der Waals surface area (Å²) in [7, 11) is 0. The Balaban J connectivity index is 2.18. The Morgan fingerprint density at radius 1 is 1.32 bits per heavy atom. The average molecular weight is 257 g/mol. The van der Waals surface area contributed by atoms with Gasteiger partial charge in [-0.15, -0.1) is 0 Å². The van der Waals surface area contributed by atoms with Crippen LogP contribution in [-0.2, 0) is 0 Å². The lowest BCUT2D eigenvalue weighted by Crippen LogP contribution is -2.40. The molecule has 0 radical (unpaired) electrons. The second-order valence-electron chi connectivity index (χ2n) is 4.99. The monoisotopic (exact) mass is 257 g/mol. The molecule has 0 spiro atoms. The first-order valence-electron chi connectivity index (χ1n) is 6.47. The van der Waals surface area contributed by atoms with Gasteiger partial charge in [-0.25, -0.2) is 0 Å². The number of benzene rings is 1. The molecule has 1 aromatic carbocycles. The summed E-state index contributed by atoms with van der Waals surface area (Å²) in [5, 5.41) is 3.74. The Bertz CT molecular complexity index is 575. The van der Waals surface area contributed by atoms with Crippen molar-refractivity contribution < 1.29 is 4.79 Å². The number of carbonyl (C=O) groups is 1. The lowest BCUT2D eigenvalue weighted by molar-refractivity contribution is 0.0951. The van der Waals surface area contributed by atoms with Gasteiger partial charge in [-0.1, -0.05) is 26.0 Å². The van der Waals surface area contributed by atoms with E-state index >= 15 is 0 Å². The van der Waals surface area contributed by atoms with Crippen LogP contribution in [0.2, 0.25) is 0 Å². The molecule has 100 valence electrons. The topological polar surface area (TPSA) is 68.0 Å². The van der Waals surface area contributed by atoms with Crippen LogP contribution in [0.5, 0.6) is 0 Å². The number of nitrogens with two attached hydrogens (primary N) is 1. The summed E-state index contributed by atoms with van der Waals surface area (Å²) in [4.78, 5) is 16.4. The summed E-state index contributed by atoms with van der Waals surface area (Å²) < 4.78 is 0. The van der Waals surface area contributed by atoms with E-state index in [0.29, 0.717) is 18.0 Å². The molecule has 1 atom stereocenters. The molecule has 1 amide bonds. The number of fused-ring (bicyclic) bond motifs is 1. The summed E-state index contributed by atoms with van der Waals surface area (Å²) in [6, 6.07) is 9.24. The van der Waals surface area contributed by atoms with E-state index in [1.807, 2.05) is 38.1 Å². The van der Waals surface area contributed by atoms with Gasteiger partial charge in [0.15, 0.2) is 0 Å². The molecule has 3 N–H and O–H groups in total. The third-order valence-corrected chi connectivity index (χ3v) is 3.24. The van der Waals surface area contributed by atoms with Crippen LogP contribution in [-0.4, -0.2) is 23.5 Å². The van der Waals surface area contributed by atoms with E-state index < -0.39 is 0 Å². The van der Waals surface area contributed by atoms with Crippen LogP contribution in [0, 0.1) is 5.92 Å². The molecule has 0 saturated carbocycles. The molecule has 4 heteroatoms. The van der Waals surface area contributed by atoms with Gasteiger partial charge >= 0.3 is 0 Å². The van der Waals surface area contributed by atoms with Crippen LogP contribution >= 0.6 is 0 Å². The number of carbonyl (C=O) groups excluding carboxylic acids is 1. The van der Waals surface area contributed by atoms with Gasteiger partial charge < -0.3 is 11.1 Å². The normalized spacial score (nSPS) is 12.6. The van der Waals surface area contributed by atoms with Crippen molar-refractivity contribution >= 4 is 16.8 Å². The highest BCUT2D eigenvalue weighted by molar-refractivity contribution is 6.06. The number of nitrogens with one attached hydrogen (secondary N) is 1. The number of pyridine rings is 1. The number of rotatable bonds is 4. The predicted octanol–water partition coefficient (Wildman–Crippen LogP) is 1.95. The maximum atomic E-state index is 12.2. The van der Waals surface area contributed by atoms with E-state index in [4.69, 9.17) is 5.73 Å². The molecule has 0 bridgehead atoms. The second kappa shape index (κ2) is 5.80. The van der Waals surface area contributed by atoms with Crippen molar-refractivity contribution in [2.24, 2.45) is 11.7 Å². The first-order chi connectivity index (χ1) is 9.09. The lowest BCUT2D eigenvalue weighted by atomic mass is 10.0. The third kappa shape index (κ3) is 3.09. The second-order valence-corrected chi connectivity index (χ2v) is 4.99. The van der Waals surface area contributed by atoms with E-state index in [1.165, 1.54) is 0 Å². The molecule has 1 heterocycles. The molecule has 1 unspecified atom stereocenters. The molecule has 1 aromatic heterocycles. The highest BCUT2D eigenvalue weighted by atomic mass is 16.1. The number of amides is 1. The van der Waals surface area contributed by atoms with E-state index in [0.717, 1.165) is 10.9 Å². The fraction of sp³-hybridized carbons (Fsp3) is 0.333. The zero-order valence-electron chi connectivity index (χ0n) is 11.3. The number of hydrogen-bond acceptors (Lipinski definition) is 3. The van der Waals surface area contributed by atoms with Crippen LogP contribution in [0.25, 0.3) is 10.9 Å². The molecule has 0 aliphatic heterocycles. The van der Waals surface area contributed by atoms with E-state index in [9.17, 15) is 4.79 Å². The van der Waals surface area contributed by atoms with Crippen LogP contribution in [0.3, 0.4) is 0 Å². The SMILES string of the molecule is CC(C)C(N)CNC(=O)c1cccc2ncccc12. The molecule has 0 aliphatic rings. The summed E-state index contributed by atoms with van der Waals surface area (Å²) >= 11 is 0. The first-order valence-corrected chi connectivity index (χ1v) is 6.47. The van der Waals surface area contributed by atoms with Crippen molar-refractivity contribution in [3.05, 3.63) is 42.1 Å². The Morgan fingerprint density at radius 2 is 2.11 bits per heavy atom. The van der Waals surface area contributed by atoms with Crippen molar-refractivity contribution in [1.82, 2.24) is 10.3 Å². The minimum atomic E-state index is -0.102. The van der Waals surface area contributed by atoms with Gasteiger partial charge in [-0.3, -0.25) is 9.78 Å². The van der Waals surface area contributed by atoms with E-state index in [2.05, 4.69) is 10.3 Å². The number of aromatic nitrogens is 1. The van der Waals surface area contributed by atoms with Crippen LogP contribution in [0.1, 0.15) is 24.2 Å². The standard InChI is InChI=1S/C15H19N3O/c1-10(2)13(16)9-18-15(19)12-5-3-7-14-11(12)6-4-8-17-14/h3-8,10,13H,9,16H2,1-2H3,(H,18,19). The van der Waals surface area contributed by atoms with Crippen LogP contribution < -0.4 is 11.1 Å². The Hall–Kier alpha value is -1.94. The Labute approximate surface area is 113 Å². The fourth-order valence-electron chi connectivity index (χ4n) is 1.84. The van der Waals surface area contributed by atoms with Crippen LogP contribution in [0.15, 0.2) is 36.5 Å². The van der Waals surface area contributed by atoms with Crippen molar-refractivity contribution in [2.45, 2.75) is 19.9 Å². The van der Waals surface area contributed by atoms with Gasteiger partial charge in [-0.05, 0) is 24.1 Å². The Kier molecular flexibility index (Phi) is 4.12. The van der Waals surface area contributed by atoms with Gasteiger partial charge in [0.1, 0.15) is 0 Å². The van der Waals surface area contributed by atoms with Gasteiger partial charge in [0.2, 0.25) is 0 Å². The lowest BCUT2D eigenvalue weighted by Gasteiger charge is -2.16. The number of hydrogen-bond donors (Lipinski definition) is 2. The zero-order valence-corrected chi connectivity index (χ0v) is 11.3. The fourth-order valence-corrected chi connectivity index (χ4v) is 1.84. The largest absolute Gasteiger partial charge is 0.350 e. The maximum Gasteiger partial charge on any atom is 0.252 e. The van der Waals surface area contributed by atoms with Gasteiger partial charge in [-0.2, -0.15) is 0 Å². The smallest absolute Gasteiger partial charge is 0.252 e. The minimum Gasteiger partial charge on any atom is -0.350 e. The summed E-state index contributed by atoms with van der Waals surface area (Å²) in [5.41, 5.74) is 7.39. The summed E-state index contributed by atoms with van der Waals surface area (Å²) in [5.74, 6) is 0.240. The van der Waals surface area contributed by atoms with Gasteiger partial charge in [0.25, 0.3) is 5.91 Å². The molecule has 0 fully saturated rings. The van der Waals surface area contributed by atoms with Crippen molar-refractivity contribution in [3.63, 3.8) is 0 Å². The molecule has 4 nitrogen and oxygen atoms in total. The minimum absolute atomic E-state index is 0.0305. The number of nitrogens with zero attached hydrogens (tertiary/aromatic N) is 1. The highest BCUT2D eigenvalue weighted by Gasteiger charge is 2.12. The van der Waals surface area contributed by atoms with Crippen LogP contribution in [0.4, 0.5) is 0 Å². The molecule has 2 rings (SSSR count). The third-order valence-electron chi connectivity index (χ3n) is 3.24. The first kappa shape index (κ1) is 13.5. The Morgan fingerprint density at radius 3 is 2.84 bits per heavy atom. The summed E-state index contributed by atoms with van der Waals surface area (Å²) in [6.07, 6.45) is 1.72. The average Bonchev–Trinajstić information content (AvgIpc) is 2.43. The molecule has 0 saturated heterocycles. The molecular formula is C15H19N3O. The van der Waals surface area contributed by atoms with Gasteiger partial charge in [0.05, 0.1) is 5.52 Å². The highest BCUT2D eigenvalue weighted by Crippen LogP contribution is 2.16.